The molecule has 2 aliphatic rings. The molecule has 0 amide bonds. The van der Waals surface area contributed by atoms with E-state index in [1.807, 2.05) is 6.08 Å². The van der Waals surface area contributed by atoms with E-state index in [4.69, 9.17) is 0 Å². The number of rotatable bonds is 2. The van der Waals surface area contributed by atoms with Crippen LogP contribution in [-0.2, 0) is 0 Å². The molecule has 1 N–H and O–H groups in total. The van der Waals surface area contributed by atoms with Gasteiger partial charge >= 0.3 is 0 Å². The molecule has 0 bridgehead atoms. The van der Waals surface area contributed by atoms with Crippen LogP contribution in [0.25, 0.3) is 0 Å². The topological polar surface area (TPSA) is 20.2 Å². The smallest absolute Gasteiger partial charge is 0.0919 e. The fourth-order valence-corrected chi connectivity index (χ4v) is 3.19. The summed E-state index contributed by atoms with van der Waals surface area (Å²) in [6.07, 6.45) is 10.2. The van der Waals surface area contributed by atoms with Gasteiger partial charge < -0.3 is 5.11 Å². The summed E-state index contributed by atoms with van der Waals surface area (Å²) in [5.41, 5.74) is 2.37. The Morgan fingerprint density at radius 1 is 1.27 bits per heavy atom. The molecule has 0 aromatic heterocycles. The Morgan fingerprint density at radius 3 is 2.53 bits per heavy atom. The zero-order valence-electron chi connectivity index (χ0n) is 9.76. The van der Waals surface area contributed by atoms with Gasteiger partial charge in [-0.05, 0) is 50.5 Å². The minimum atomic E-state index is -0.554. The second-order valence-corrected chi connectivity index (χ2v) is 5.09. The van der Waals surface area contributed by atoms with Gasteiger partial charge in [0.2, 0.25) is 0 Å². The van der Waals surface area contributed by atoms with Crippen LogP contribution in [0.2, 0.25) is 0 Å². The molecule has 2 rings (SSSR count). The van der Waals surface area contributed by atoms with Crippen molar-refractivity contribution in [1.82, 2.24) is 0 Å². The lowest BCUT2D eigenvalue weighted by Crippen LogP contribution is -2.34. The first-order chi connectivity index (χ1) is 7.18. The predicted molar refractivity (Wildman–Crippen MR) is 63.7 cm³/mol. The molecular formula is C14H22O. The summed E-state index contributed by atoms with van der Waals surface area (Å²) in [6.45, 7) is 5.92. The molecule has 0 aliphatic heterocycles. The molecule has 2 saturated carbocycles. The van der Waals surface area contributed by atoms with Crippen molar-refractivity contribution in [2.24, 2.45) is 5.92 Å². The summed E-state index contributed by atoms with van der Waals surface area (Å²) in [5.74, 6) is 0.197. The van der Waals surface area contributed by atoms with E-state index in [-0.39, 0.29) is 5.92 Å². The third-order valence-corrected chi connectivity index (χ3v) is 4.25. The molecule has 84 valence electrons. The van der Waals surface area contributed by atoms with Crippen LogP contribution in [0.5, 0.6) is 0 Å². The lowest BCUT2D eigenvalue weighted by Gasteiger charge is -2.31. The van der Waals surface area contributed by atoms with E-state index in [9.17, 15) is 5.11 Å². The van der Waals surface area contributed by atoms with E-state index >= 15 is 0 Å². The van der Waals surface area contributed by atoms with E-state index in [0.29, 0.717) is 0 Å². The van der Waals surface area contributed by atoms with E-state index in [2.05, 4.69) is 13.5 Å². The van der Waals surface area contributed by atoms with Crippen molar-refractivity contribution in [2.75, 3.05) is 0 Å². The van der Waals surface area contributed by atoms with Gasteiger partial charge in [-0.15, -0.1) is 6.58 Å². The Labute approximate surface area is 92.9 Å². The molecule has 1 heteroatoms. The van der Waals surface area contributed by atoms with Gasteiger partial charge in [-0.1, -0.05) is 18.6 Å². The van der Waals surface area contributed by atoms with Gasteiger partial charge in [0.1, 0.15) is 0 Å². The monoisotopic (exact) mass is 206 g/mol. The van der Waals surface area contributed by atoms with Gasteiger partial charge in [-0.3, -0.25) is 0 Å². The molecule has 2 atom stereocenters. The molecule has 0 aromatic carbocycles. The highest BCUT2D eigenvalue weighted by molar-refractivity contribution is 5.31. The normalized spacial score (nSPS) is 33.5. The zero-order chi connectivity index (χ0) is 10.9. The summed E-state index contributed by atoms with van der Waals surface area (Å²) >= 11 is 0. The van der Waals surface area contributed by atoms with E-state index in [1.165, 1.54) is 31.3 Å². The van der Waals surface area contributed by atoms with Gasteiger partial charge in [0.25, 0.3) is 0 Å². The van der Waals surface area contributed by atoms with Gasteiger partial charge in [-0.2, -0.15) is 0 Å². The maximum Gasteiger partial charge on any atom is 0.0919 e. The molecular weight excluding hydrogens is 184 g/mol. The quantitative estimate of drug-likeness (QED) is 0.684. The van der Waals surface area contributed by atoms with Crippen molar-refractivity contribution in [1.29, 1.82) is 0 Å². The molecule has 2 aliphatic carbocycles. The fraction of sp³-hybridized carbons (Fsp3) is 0.714. The second-order valence-electron chi connectivity index (χ2n) is 5.09. The van der Waals surface area contributed by atoms with Crippen molar-refractivity contribution in [3.63, 3.8) is 0 Å². The average molecular weight is 206 g/mol. The summed E-state index contributed by atoms with van der Waals surface area (Å²) in [7, 11) is 0. The predicted octanol–water partition coefficient (Wildman–Crippen LogP) is 3.59. The molecule has 0 aromatic rings. The van der Waals surface area contributed by atoms with Gasteiger partial charge in [0, 0.05) is 5.92 Å². The van der Waals surface area contributed by atoms with Gasteiger partial charge in [0.05, 0.1) is 5.60 Å². The summed E-state index contributed by atoms with van der Waals surface area (Å²) in [4.78, 5) is 0. The number of hydrogen-bond donors (Lipinski definition) is 1. The molecule has 0 heterocycles. The van der Waals surface area contributed by atoms with Crippen molar-refractivity contribution >= 4 is 0 Å². The largest absolute Gasteiger partial charge is 0.385 e. The van der Waals surface area contributed by atoms with Crippen LogP contribution in [0, 0.1) is 5.92 Å². The fourth-order valence-electron chi connectivity index (χ4n) is 3.19. The third kappa shape index (κ3) is 1.78. The van der Waals surface area contributed by atoms with E-state index < -0.39 is 5.60 Å². The lowest BCUT2D eigenvalue weighted by atomic mass is 9.81. The Morgan fingerprint density at radius 2 is 1.93 bits per heavy atom. The number of allylic oxidation sites excluding steroid dienone is 1. The second kappa shape index (κ2) is 4.13. The Bertz CT molecular complexity index is 282. The van der Waals surface area contributed by atoms with Crippen molar-refractivity contribution in [3.05, 3.63) is 23.8 Å². The van der Waals surface area contributed by atoms with Crippen LogP contribution < -0.4 is 0 Å². The molecule has 1 nitrogen and oxygen atoms in total. The summed E-state index contributed by atoms with van der Waals surface area (Å²) in [6, 6.07) is 0. The van der Waals surface area contributed by atoms with E-state index in [1.54, 1.807) is 5.57 Å². The minimum Gasteiger partial charge on any atom is -0.385 e. The first kappa shape index (κ1) is 10.9. The van der Waals surface area contributed by atoms with Crippen LogP contribution in [0.15, 0.2) is 23.8 Å². The molecule has 2 fully saturated rings. The molecule has 0 radical (unpaired) electrons. The zero-order valence-corrected chi connectivity index (χ0v) is 9.76. The standard InChI is InChI=1S/C14H22O/c1-3-11(2)14(15)10-6-9-13(14)12-7-4-5-8-12/h3,11,15H,1,4-10H2,2H3/t11-,14+/m1/s1. The maximum absolute atomic E-state index is 10.8. The summed E-state index contributed by atoms with van der Waals surface area (Å²) in [5, 5.41) is 10.8. The summed E-state index contributed by atoms with van der Waals surface area (Å²) < 4.78 is 0. The van der Waals surface area contributed by atoms with Crippen molar-refractivity contribution in [2.45, 2.75) is 57.5 Å². The Kier molecular flexibility index (Phi) is 3.01. The molecule has 15 heavy (non-hydrogen) atoms. The minimum absolute atomic E-state index is 0.197. The van der Waals surface area contributed by atoms with Gasteiger partial charge in [0.15, 0.2) is 0 Å². The Hall–Kier alpha value is -0.560. The SMILES string of the molecule is C=C[C@@H](C)[C@@]1(O)CCCC1=C1CCCC1. The van der Waals surface area contributed by atoms with Crippen LogP contribution >= 0.6 is 0 Å². The number of hydrogen-bond acceptors (Lipinski definition) is 1. The molecule has 0 spiro atoms. The molecule has 0 saturated heterocycles. The van der Waals surface area contributed by atoms with Gasteiger partial charge in [-0.25, -0.2) is 0 Å². The third-order valence-electron chi connectivity index (χ3n) is 4.25. The van der Waals surface area contributed by atoms with Crippen molar-refractivity contribution in [3.8, 4) is 0 Å². The average Bonchev–Trinajstić information content (AvgIpc) is 2.85. The van der Waals surface area contributed by atoms with Crippen LogP contribution in [0.3, 0.4) is 0 Å². The lowest BCUT2D eigenvalue weighted by molar-refractivity contribution is 0.0480. The van der Waals surface area contributed by atoms with E-state index in [0.717, 1.165) is 19.3 Å². The highest BCUT2D eigenvalue weighted by atomic mass is 16.3. The first-order valence-corrected chi connectivity index (χ1v) is 6.25. The highest BCUT2D eigenvalue weighted by Crippen LogP contribution is 2.45. The Balaban J connectivity index is 2.31. The highest BCUT2D eigenvalue weighted by Gasteiger charge is 2.41. The van der Waals surface area contributed by atoms with Crippen LogP contribution in [-0.4, -0.2) is 10.7 Å². The number of aliphatic hydroxyl groups is 1. The first-order valence-electron chi connectivity index (χ1n) is 6.25. The van der Waals surface area contributed by atoms with Crippen LogP contribution in [0.1, 0.15) is 51.9 Å². The molecule has 0 unspecified atom stereocenters. The van der Waals surface area contributed by atoms with Crippen LogP contribution in [0.4, 0.5) is 0 Å². The van der Waals surface area contributed by atoms with Crippen molar-refractivity contribution < 1.29 is 5.11 Å². The maximum atomic E-state index is 10.8.